The van der Waals surface area contributed by atoms with Gasteiger partial charge >= 0.3 is 0 Å². The molecule has 1 atom stereocenters. The van der Waals surface area contributed by atoms with Crippen LogP contribution in [0.3, 0.4) is 0 Å². The molecule has 70 valence electrons. The molecule has 0 aliphatic carbocycles. The van der Waals surface area contributed by atoms with Gasteiger partial charge in [-0.05, 0) is 26.9 Å². The SMILES string of the molecule is CCCCC(C#N)(CC)N(C)C. The monoisotopic (exact) mass is 168 g/mol. The average Bonchev–Trinajstić information content (AvgIpc) is 2.07. The van der Waals surface area contributed by atoms with Gasteiger partial charge in [-0.25, -0.2) is 0 Å². The molecule has 0 aliphatic heterocycles. The third kappa shape index (κ3) is 2.49. The highest BCUT2D eigenvalue weighted by Gasteiger charge is 2.29. The quantitative estimate of drug-likeness (QED) is 0.630. The molecule has 0 aromatic carbocycles. The van der Waals surface area contributed by atoms with E-state index in [1.807, 2.05) is 19.0 Å². The molecule has 0 aromatic rings. The number of hydrogen-bond acceptors (Lipinski definition) is 2. The highest BCUT2D eigenvalue weighted by Crippen LogP contribution is 2.22. The van der Waals surface area contributed by atoms with Gasteiger partial charge in [0.1, 0.15) is 5.54 Å². The van der Waals surface area contributed by atoms with Gasteiger partial charge in [0.15, 0.2) is 0 Å². The van der Waals surface area contributed by atoms with Crippen LogP contribution in [0.5, 0.6) is 0 Å². The maximum Gasteiger partial charge on any atom is 0.108 e. The zero-order valence-electron chi connectivity index (χ0n) is 8.72. The summed E-state index contributed by atoms with van der Waals surface area (Å²) in [6, 6.07) is 2.43. The highest BCUT2D eigenvalue weighted by atomic mass is 15.1. The lowest BCUT2D eigenvalue weighted by atomic mass is 9.90. The van der Waals surface area contributed by atoms with E-state index in [1.165, 1.54) is 0 Å². The first kappa shape index (κ1) is 11.4. The van der Waals surface area contributed by atoms with Crippen LogP contribution in [0.4, 0.5) is 0 Å². The molecule has 0 saturated carbocycles. The van der Waals surface area contributed by atoms with Crippen LogP contribution in [0, 0.1) is 11.3 Å². The van der Waals surface area contributed by atoms with Crippen LogP contribution in [0.25, 0.3) is 0 Å². The number of rotatable bonds is 5. The lowest BCUT2D eigenvalue weighted by Gasteiger charge is -2.32. The number of nitriles is 1. The molecule has 0 saturated heterocycles. The van der Waals surface area contributed by atoms with Gasteiger partial charge < -0.3 is 0 Å². The van der Waals surface area contributed by atoms with E-state index < -0.39 is 0 Å². The van der Waals surface area contributed by atoms with Gasteiger partial charge in [0.2, 0.25) is 0 Å². The van der Waals surface area contributed by atoms with Gasteiger partial charge in [-0.2, -0.15) is 5.26 Å². The van der Waals surface area contributed by atoms with Gasteiger partial charge in [0, 0.05) is 0 Å². The van der Waals surface area contributed by atoms with Gasteiger partial charge in [-0.1, -0.05) is 26.7 Å². The molecule has 0 aliphatic rings. The highest BCUT2D eigenvalue weighted by molar-refractivity contribution is 5.05. The second-order valence-electron chi connectivity index (χ2n) is 3.49. The minimum absolute atomic E-state index is 0.226. The Labute approximate surface area is 76.2 Å². The average molecular weight is 168 g/mol. The smallest absolute Gasteiger partial charge is 0.108 e. The molecule has 0 fully saturated rings. The molecule has 0 rings (SSSR count). The second-order valence-corrected chi connectivity index (χ2v) is 3.49. The summed E-state index contributed by atoms with van der Waals surface area (Å²) in [6.45, 7) is 4.24. The Morgan fingerprint density at radius 2 is 1.92 bits per heavy atom. The maximum atomic E-state index is 9.08. The van der Waals surface area contributed by atoms with E-state index in [9.17, 15) is 0 Å². The Bertz CT molecular complexity index is 158. The van der Waals surface area contributed by atoms with Gasteiger partial charge in [0.25, 0.3) is 0 Å². The summed E-state index contributed by atoms with van der Waals surface area (Å²) < 4.78 is 0. The van der Waals surface area contributed by atoms with E-state index in [-0.39, 0.29) is 5.54 Å². The van der Waals surface area contributed by atoms with Crippen LogP contribution >= 0.6 is 0 Å². The minimum atomic E-state index is -0.226. The van der Waals surface area contributed by atoms with Crippen LogP contribution in [0.1, 0.15) is 39.5 Å². The van der Waals surface area contributed by atoms with Crippen molar-refractivity contribution in [3.05, 3.63) is 0 Å². The van der Waals surface area contributed by atoms with E-state index in [0.29, 0.717) is 0 Å². The first-order chi connectivity index (χ1) is 5.63. The van der Waals surface area contributed by atoms with Crippen molar-refractivity contribution in [2.75, 3.05) is 14.1 Å². The first-order valence-electron chi connectivity index (χ1n) is 4.71. The minimum Gasteiger partial charge on any atom is -0.292 e. The number of nitrogens with zero attached hydrogens (tertiary/aromatic N) is 2. The standard InChI is InChI=1S/C10H20N2/c1-5-7-8-10(6-2,9-11)12(3)4/h5-8H2,1-4H3. The van der Waals surface area contributed by atoms with Gasteiger partial charge in [-0.15, -0.1) is 0 Å². The third-order valence-corrected chi connectivity index (χ3v) is 2.59. The summed E-state index contributed by atoms with van der Waals surface area (Å²) in [5.74, 6) is 0. The van der Waals surface area contributed by atoms with E-state index in [2.05, 4.69) is 19.9 Å². The maximum absolute atomic E-state index is 9.08. The lowest BCUT2D eigenvalue weighted by Crippen LogP contribution is -2.42. The van der Waals surface area contributed by atoms with Crippen molar-refractivity contribution in [3.8, 4) is 6.07 Å². The summed E-state index contributed by atoms with van der Waals surface area (Å²) in [4.78, 5) is 2.04. The zero-order valence-corrected chi connectivity index (χ0v) is 8.72. The van der Waals surface area contributed by atoms with E-state index >= 15 is 0 Å². The Balaban J connectivity index is 4.28. The fourth-order valence-electron chi connectivity index (χ4n) is 1.42. The summed E-state index contributed by atoms with van der Waals surface area (Å²) >= 11 is 0. The van der Waals surface area contributed by atoms with E-state index in [1.54, 1.807) is 0 Å². The molecule has 0 aromatic heterocycles. The third-order valence-electron chi connectivity index (χ3n) is 2.59. The largest absolute Gasteiger partial charge is 0.292 e. The van der Waals surface area contributed by atoms with Crippen molar-refractivity contribution < 1.29 is 0 Å². The summed E-state index contributed by atoms with van der Waals surface area (Å²) in [7, 11) is 3.98. The first-order valence-corrected chi connectivity index (χ1v) is 4.71. The van der Waals surface area contributed by atoms with Crippen molar-refractivity contribution >= 4 is 0 Å². The molecule has 0 N–H and O–H groups in total. The van der Waals surface area contributed by atoms with Crippen LogP contribution in [-0.4, -0.2) is 24.5 Å². The molecule has 0 heterocycles. The van der Waals surface area contributed by atoms with Crippen LogP contribution in [0.15, 0.2) is 0 Å². The molecule has 2 heteroatoms. The van der Waals surface area contributed by atoms with Crippen molar-refractivity contribution in [1.29, 1.82) is 5.26 Å². The number of hydrogen-bond donors (Lipinski definition) is 0. The van der Waals surface area contributed by atoms with E-state index in [4.69, 9.17) is 5.26 Å². The normalized spacial score (nSPS) is 15.7. The Kier molecular flexibility index (Phi) is 4.92. The zero-order chi connectivity index (χ0) is 9.61. The molecular formula is C10H20N2. The van der Waals surface area contributed by atoms with Gasteiger partial charge in [0.05, 0.1) is 6.07 Å². The summed E-state index contributed by atoms with van der Waals surface area (Å²) in [5, 5.41) is 9.08. The van der Waals surface area contributed by atoms with Crippen LogP contribution < -0.4 is 0 Å². The van der Waals surface area contributed by atoms with Crippen molar-refractivity contribution in [2.24, 2.45) is 0 Å². The number of unbranched alkanes of at least 4 members (excludes halogenated alkanes) is 1. The van der Waals surface area contributed by atoms with Crippen molar-refractivity contribution in [3.63, 3.8) is 0 Å². The molecule has 0 radical (unpaired) electrons. The fourth-order valence-corrected chi connectivity index (χ4v) is 1.42. The Morgan fingerprint density at radius 1 is 1.33 bits per heavy atom. The fraction of sp³-hybridized carbons (Fsp3) is 0.900. The molecule has 1 unspecified atom stereocenters. The summed E-state index contributed by atoms with van der Waals surface area (Å²) in [6.07, 6.45) is 4.21. The predicted octanol–water partition coefficient (Wildman–Crippen LogP) is 2.41. The lowest BCUT2D eigenvalue weighted by molar-refractivity contribution is 0.191. The molecule has 0 amide bonds. The topological polar surface area (TPSA) is 27.0 Å². The molecule has 2 nitrogen and oxygen atoms in total. The van der Waals surface area contributed by atoms with Crippen LogP contribution in [-0.2, 0) is 0 Å². The van der Waals surface area contributed by atoms with Crippen molar-refractivity contribution in [1.82, 2.24) is 4.90 Å². The molecule has 0 spiro atoms. The molecular weight excluding hydrogens is 148 g/mol. The summed E-state index contributed by atoms with van der Waals surface area (Å²) in [5.41, 5.74) is -0.226. The Hall–Kier alpha value is -0.550. The van der Waals surface area contributed by atoms with Crippen LogP contribution in [0.2, 0.25) is 0 Å². The Morgan fingerprint density at radius 3 is 2.17 bits per heavy atom. The van der Waals surface area contributed by atoms with Crippen molar-refractivity contribution in [2.45, 2.75) is 45.1 Å². The molecule has 0 bridgehead atoms. The predicted molar refractivity (Wildman–Crippen MR) is 51.8 cm³/mol. The van der Waals surface area contributed by atoms with Gasteiger partial charge in [-0.3, -0.25) is 4.90 Å². The molecule has 12 heavy (non-hydrogen) atoms. The van der Waals surface area contributed by atoms with E-state index in [0.717, 1.165) is 25.7 Å². The second kappa shape index (κ2) is 5.16.